The highest BCUT2D eigenvalue weighted by molar-refractivity contribution is 6.31. The Morgan fingerprint density at radius 1 is 1.26 bits per heavy atom. The Kier molecular flexibility index (Phi) is 4.94. The van der Waals surface area contributed by atoms with E-state index < -0.39 is 0 Å². The number of aromatic nitrogens is 1. The molecule has 0 bridgehead atoms. The van der Waals surface area contributed by atoms with E-state index in [0.717, 1.165) is 29.8 Å². The second-order valence-corrected chi connectivity index (χ2v) is 7.16. The van der Waals surface area contributed by atoms with Crippen LogP contribution in [-0.2, 0) is 17.6 Å². The molecule has 0 radical (unpaired) electrons. The van der Waals surface area contributed by atoms with Crippen LogP contribution in [0.4, 0.5) is 0 Å². The second-order valence-electron chi connectivity index (χ2n) is 6.72. The molecule has 1 atom stereocenters. The number of amides is 1. The van der Waals surface area contributed by atoms with Gasteiger partial charge < -0.3 is 19.8 Å². The summed E-state index contributed by atoms with van der Waals surface area (Å²) in [6.45, 7) is -0.0345. The molecule has 0 fully saturated rings. The summed E-state index contributed by atoms with van der Waals surface area (Å²) < 4.78 is 10.8. The maximum atomic E-state index is 12.3. The van der Waals surface area contributed by atoms with Crippen LogP contribution in [0.5, 0.6) is 11.5 Å². The molecule has 1 amide bonds. The van der Waals surface area contributed by atoms with E-state index in [1.807, 2.05) is 30.3 Å². The zero-order chi connectivity index (χ0) is 18.8. The highest BCUT2D eigenvalue weighted by atomic mass is 35.5. The summed E-state index contributed by atoms with van der Waals surface area (Å²) in [5.41, 5.74) is 3.56. The van der Waals surface area contributed by atoms with E-state index in [2.05, 4.69) is 10.3 Å². The van der Waals surface area contributed by atoms with Crippen molar-refractivity contribution in [2.24, 2.45) is 0 Å². The fraction of sp³-hybridized carbons (Fsp3) is 0.286. The molecular formula is C21H21ClN2O3. The number of fused-ring (bicyclic) bond motifs is 3. The standard InChI is InChI=1S/C21H21ClN2O3/c1-26-19-4-2-3-5-20(19)27-12-21(25)23-14-7-9-17-16(11-14)15-8-6-13(22)10-18(15)24-17/h2-6,8,10,14,24H,7,9,11-12H2,1H3,(H,23,25). The number of benzene rings is 2. The summed E-state index contributed by atoms with van der Waals surface area (Å²) >= 11 is 6.09. The van der Waals surface area contributed by atoms with Gasteiger partial charge in [-0.3, -0.25) is 4.79 Å². The lowest BCUT2D eigenvalue weighted by molar-refractivity contribution is -0.123. The average Bonchev–Trinajstić information content (AvgIpc) is 3.03. The van der Waals surface area contributed by atoms with Crippen LogP contribution < -0.4 is 14.8 Å². The first-order valence-electron chi connectivity index (χ1n) is 8.98. The molecule has 1 unspecified atom stereocenters. The van der Waals surface area contributed by atoms with Crippen LogP contribution >= 0.6 is 11.6 Å². The Labute approximate surface area is 162 Å². The van der Waals surface area contributed by atoms with Gasteiger partial charge in [-0.1, -0.05) is 29.8 Å². The van der Waals surface area contributed by atoms with Crippen LogP contribution in [0.2, 0.25) is 5.02 Å². The van der Waals surface area contributed by atoms with Crippen molar-refractivity contribution >= 4 is 28.4 Å². The normalized spacial score (nSPS) is 16.0. The van der Waals surface area contributed by atoms with Crippen LogP contribution in [-0.4, -0.2) is 30.6 Å². The number of carbonyl (C=O) groups excluding carboxylic acids is 1. The fourth-order valence-corrected chi connectivity index (χ4v) is 3.84. The van der Waals surface area contributed by atoms with Gasteiger partial charge in [0, 0.05) is 27.7 Å². The average molecular weight is 385 g/mol. The van der Waals surface area contributed by atoms with Gasteiger partial charge in [-0.25, -0.2) is 0 Å². The first kappa shape index (κ1) is 17.7. The minimum absolute atomic E-state index is 0.0345. The number of hydrogen-bond donors (Lipinski definition) is 2. The molecule has 1 aliphatic rings. The summed E-state index contributed by atoms with van der Waals surface area (Å²) in [6.07, 6.45) is 2.60. The van der Waals surface area contributed by atoms with Crippen molar-refractivity contribution in [2.75, 3.05) is 13.7 Å². The number of halogens is 1. The molecule has 1 heterocycles. The molecule has 4 rings (SSSR count). The van der Waals surface area contributed by atoms with Gasteiger partial charge in [0.25, 0.3) is 5.91 Å². The van der Waals surface area contributed by atoms with Gasteiger partial charge in [0.1, 0.15) is 0 Å². The summed E-state index contributed by atoms with van der Waals surface area (Å²) in [4.78, 5) is 15.8. The highest BCUT2D eigenvalue weighted by Crippen LogP contribution is 2.31. The van der Waals surface area contributed by atoms with E-state index in [-0.39, 0.29) is 18.6 Å². The Morgan fingerprint density at radius 3 is 2.89 bits per heavy atom. The number of hydrogen-bond acceptors (Lipinski definition) is 3. The number of aromatic amines is 1. The Bertz CT molecular complexity index is 983. The van der Waals surface area contributed by atoms with Crippen LogP contribution in [0.25, 0.3) is 10.9 Å². The first-order valence-corrected chi connectivity index (χ1v) is 9.36. The van der Waals surface area contributed by atoms with Crippen molar-refractivity contribution < 1.29 is 14.3 Å². The van der Waals surface area contributed by atoms with E-state index in [9.17, 15) is 4.79 Å². The Hall–Kier alpha value is -2.66. The SMILES string of the molecule is COc1ccccc1OCC(=O)NC1CCc2[nH]c3cc(Cl)ccc3c2C1. The molecule has 27 heavy (non-hydrogen) atoms. The first-order chi connectivity index (χ1) is 13.1. The van der Waals surface area contributed by atoms with Crippen molar-refractivity contribution in [3.05, 3.63) is 58.7 Å². The van der Waals surface area contributed by atoms with E-state index in [4.69, 9.17) is 21.1 Å². The third-order valence-corrected chi connectivity index (χ3v) is 5.18. The van der Waals surface area contributed by atoms with E-state index in [1.165, 1.54) is 16.6 Å². The number of para-hydroxylation sites is 2. The molecule has 0 saturated heterocycles. The van der Waals surface area contributed by atoms with E-state index in [1.54, 1.807) is 19.2 Å². The van der Waals surface area contributed by atoms with Gasteiger partial charge in [-0.05, 0) is 49.1 Å². The molecule has 1 aromatic heterocycles. The molecule has 140 valence electrons. The molecule has 0 saturated carbocycles. The van der Waals surface area contributed by atoms with Crippen LogP contribution in [0.3, 0.4) is 0 Å². The summed E-state index contributed by atoms with van der Waals surface area (Å²) in [6, 6.07) is 13.3. The molecular weight excluding hydrogens is 364 g/mol. The number of methoxy groups -OCH3 is 1. The largest absolute Gasteiger partial charge is 0.493 e. The van der Waals surface area contributed by atoms with Gasteiger partial charge in [0.05, 0.1) is 7.11 Å². The maximum Gasteiger partial charge on any atom is 0.258 e. The number of ether oxygens (including phenoxy) is 2. The molecule has 0 aliphatic heterocycles. The molecule has 3 aromatic rings. The lowest BCUT2D eigenvalue weighted by Gasteiger charge is -2.23. The highest BCUT2D eigenvalue weighted by Gasteiger charge is 2.24. The summed E-state index contributed by atoms with van der Waals surface area (Å²) in [5.74, 6) is 1.05. The third-order valence-electron chi connectivity index (χ3n) is 4.94. The topological polar surface area (TPSA) is 63.4 Å². The minimum Gasteiger partial charge on any atom is -0.493 e. The maximum absolute atomic E-state index is 12.3. The van der Waals surface area contributed by atoms with Crippen molar-refractivity contribution in [2.45, 2.75) is 25.3 Å². The zero-order valence-electron chi connectivity index (χ0n) is 15.0. The van der Waals surface area contributed by atoms with Crippen molar-refractivity contribution in [1.29, 1.82) is 0 Å². The lowest BCUT2D eigenvalue weighted by atomic mass is 9.91. The van der Waals surface area contributed by atoms with Gasteiger partial charge in [-0.2, -0.15) is 0 Å². The number of aryl methyl sites for hydroxylation is 1. The second kappa shape index (κ2) is 7.53. The zero-order valence-corrected chi connectivity index (χ0v) is 15.8. The van der Waals surface area contributed by atoms with E-state index >= 15 is 0 Å². The van der Waals surface area contributed by atoms with Crippen LogP contribution in [0.1, 0.15) is 17.7 Å². The number of H-pyrrole nitrogens is 1. The van der Waals surface area contributed by atoms with Gasteiger partial charge in [0.2, 0.25) is 0 Å². The summed E-state index contributed by atoms with van der Waals surface area (Å²) in [7, 11) is 1.58. The molecule has 1 aliphatic carbocycles. The number of rotatable bonds is 5. The van der Waals surface area contributed by atoms with Crippen molar-refractivity contribution in [1.82, 2.24) is 10.3 Å². The smallest absolute Gasteiger partial charge is 0.258 e. The Morgan fingerprint density at radius 2 is 2.07 bits per heavy atom. The molecule has 2 aromatic carbocycles. The fourth-order valence-electron chi connectivity index (χ4n) is 3.67. The number of nitrogens with one attached hydrogen (secondary N) is 2. The summed E-state index contributed by atoms with van der Waals surface area (Å²) in [5, 5.41) is 4.99. The monoisotopic (exact) mass is 384 g/mol. The van der Waals surface area contributed by atoms with Crippen LogP contribution in [0.15, 0.2) is 42.5 Å². The number of carbonyl (C=O) groups is 1. The third kappa shape index (κ3) is 3.74. The molecule has 5 nitrogen and oxygen atoms in total. The van der Waals surface area contributed by atoms with Crippen molar-refractivity contribution in [3.63, 3.8) is 0 Å². The lowest BCUT2D eigenvalue weighted by Crippen LogP contribution is -2.41. The van der Waals surface area contributed by atoms with Crippen LogP contribution in [0, 0.1) is 0 Å². The molecule has 2 N–H and O–H groups in total. The van der Waals surface area contributed by atoms with Gasteiger partial charge in [0.15, 0.2) is 18.1 Å². The van der Waals surface area contributed by atoms with E-state index in [0.29, 0.717) is 11.5 Å². The molecule has 0 spiro atoms. The van der Waals surface area contributed by atoms with Crippen molar-refractivity contribution in [3.8, 4) is 11.5 Å². The Balaban J connectivity index is 1.39. The van der Waals surface area contributed by atoms with Gasteiger partial charge in [-0.15, -0.1) is 0 Å². The van der Waals surface area contributed by atoms with Gasteiger partial charge >= 0.3 is 0 Å². The predicted octanol–water partition coefficient (Wildman–Crippen LogP) is 3.88. The predicted molar refractivity (Wildman–Crippen MR) is 106 cm³/mol. The quantitative estimate of drug-likeness (QED) is 0.701. The molecule has 6 heteroatoms. The minimum atomic E-state index is -0.128.